The molecular formula is C19H19N5O7. The second kappa shape index (κ2) is 9.15. The zero-order valence-electron chi connectivity index (χ0n) is 16.4. The van der Waals surface area contributed by atoms with Crippen molar-refractivity contribution in [1.29, 1.82) is 0 Å². The monoisotopic (exact) mass is 429 g/mol. The fourth-order valence-electron chi connectivity index (χ4n) is 3.00. The lowest BCUT2D eigenvalue weighted by Gasteiger charge is -2.13. The van der Waals surface area contributed by atoms with Gasteiger partial charge < -0.3 is 19.9 Å². The number of aromatic nitrogens is 5. The summed E-state index contributed by atoms with van der Waals surface area (Å²) in [6, 6.07) is 4.42. The highest BCUT2D eigenvalue weighted by atomic mass is 16.5. The number of nitrogens with one attached hydrogen (secondary N) is 2. The van der Waals surface area contributed by atoms with E-state index in [2.05, 4.69) is 25.4 Å². The summed E-state index contributed by atoms with van der Waals surface area (Å²) in [7, 11) is 0. The zero-order valence-corrected chi connectivity index (χ0v) is 16.4. The summed E-state index contributed by atoms with van der Waals surface area (Å²) in [6.07, 6.45) is -0.861. The molecule has 0 aliphatic carbocycles. The van der Waals surface area contributed by atoms with E-state index in [1.165, 1.54) is 18.2 Å². The van der Waals surface area contributed by atoms with Gasteiger partial charge in [-0.25, -0.2) is 4.98 Å². The first-order chi connectivity index (χ1) is 14.8. The van der Waals surface area contributed by atoms with E-state index in [1.807, 2.05) is 0 Å². The predicted molar refractivity (Wildman–Crippen MR) is 106 cm³/mol. The molecule has 3 aromatic rings. The summed E-state index contributed by atoms with van der Waals surface area (Å²) in [5.41, 5.74) is 0.262. The fraction of sp³-hybridized carbons (Fsp3) is 0.316. The molecule has 12 heteroatoms. The molecule has 0 fully saturated rings. The van der Waals surface area contributed by atoms with E-state index in [0.29, 0.717) is 5.56 Å². The number of aromatic amines is 2. The third-order valence-electron chi connectivity index (χ3n) is 4.54. The molecule has 0 unspecified atom stereocenters. The van der Waals surface area contributed by atoms with Gasteiger partial charge >= 0.3 is 11.9 Å². The molecule has 0 aliphatic rings. The molecule has 0 aliphatic heterocycles. The fourth-order valence-corrected chi connectivity index (χ4v) is 3.00. The summed E-state index contributed by atoms with van der Waals surface area (Å²) in [6.45, 7) is 2.00. The van der Waals surface area contributed by atoms with Crippen molar-refractivity contribution in [2.24, 2.45) is 5.92 Å². The van der Waals surface area contributed by atoms with Crippen LogP contribution in [0.15, 0.2) is 23.0 Å². The molecule has 162 valence electrons. The maximum absolute atomic E-state index is 12.6. The summed E-state index contributed by atoms with van der Waals surface area (Å²) in [5.74, 6) is -3.54. The van der Waals surface area contributed by atoms with Gasteiger partial charge in [-0.2, -0.15) is 5.21 Å². The molecule has 31 heavy (non-hydrogen) atoms. The zero-order chi connectivity index (χ0) is 22.5. The van der Waals surface area contributed by atoms with Crippen LogP contribution in [0.2, 0.25) is 0 Å². The summed E-state index contributed by atoms with van der Waals surface area (Å²) in [5, 5.41) is 27.9. The minimum Gasteiger partial charge on any atom is -0.493 e. The number of Topliss-reactive ketones (excluding diaryl/α,β-unsaturated/α-hetero) is 1. The molecular weight excluding hydrogens is 410 g/mol. The van der Waals surface area contributed by atoms with Crippen LogP contribution < -0.4 is 10.3 Å². The minimum absolute atomic E-state index is 0.0505. The number of H-pyrrole nitrogens is 2. The van der Waals surface area contributed by atoms with Crippen LogP contribution in [0.3, 0.4) is 0 Å². The van der Waals surface area contributed by atoms with E-state index < -0.39 is 29.2 Å². The predicted octanol–water partition coefficient (Wildman–Crippen LogP) is 1.25. The van der Waals surface area contributed by atoms with Crippen molar-refractivity contribution in [1.82, 2.24) is 25.4 Å². The van der Waals surface area contributed by atoms with Crippen LogP contribution >= 0.6 is 0 Å². The van der Waals surface area contributed by atoms with Crippen molar-refractivity contribution in [3.8, 4) is 17.1 Å². The highest BCUT2D eigenvalue weighted by Gasteiger charge is 2.24. The molecule has 0 bridgehead atoms. The lowest BCUT2D eigenvalue weighted by Crippen LogP contribution is -2.19. The Morgan fingerprint density at radius 3 is 2.65 bits per heavy atom. The number of aliphatic carboxylic acids is 2. The van der Waals surface area contributed by atoms with E-state index in [0.717, 1.165) is 0 Å². The van der Waals surface area contributed by atoms with Gasteiger partial charge in [-0.15, -0.1) is 10.2 Å². The molecule has 12 nitrogen and oxygen atoms in total. The molecule has 0 radical (unpaired) electrons. The maximum Gasteiger partial charge on any atom is 0.306 e. The minimum atomic E-state index is -1.24. The van der Waals surface area contributed by atoms with Gasteiger partial charge in [-0.1, -0.05) is 6.07 Å². The smallest absolute Gasteiger partial charge is 0.306 e. The van der Waals surface area contributed by atoms with Gasteiger partial charge in [0.05, 0.1) is 18.1 Å². The van der Waals surface area contributed by atoms with E-state index >= 15 is 0 Å². The largest absolute Gasteiger partial charge is 0.493 e. The highest BCUT2D eigenvalue weighted by Crippen LogP contribution is 2.30. The molecule has 0 spiro atoms. The Morgan fingerprint density at radius 1 is 1.19 bits per heavy atom. The average molecular weight is 429 g/mol. The van der Waals surface area contributed by atoms with Gasteiger partial charge in [0, 0.05) is 18.4 Å². The normalized spacial score (nSPS) is 11.9. The second-order valence-electron chi connectivity index (χ2n) is 6.65. The van der Waals surface area contributed by atoms with E-state index in [-0.39, 0.29) is 54.2 Å². The van der Waals surface area contributed by atoms with Crippen molar-refractivity contribution in [2.75, 3.05) is 6.61 Å². The number of carbonyl (C=O) groups excluding carboxylic acids is 1. The van der Waals surface area contributed by atoms with Gasteiger partial charge in [-0.05, 0) is 25.5 Å². The number of hydrogen-bond donors (Lipinski definition) is 4. The van der Waals surface area contributed by atoms with E-state index in [4.69, 9.17) is 9.84 Å². The Hall–Kier alpha value is -4.09. The second-order valence-corrected chi connectivity index (χ2v) is 6.65. The third-order valence-corrected chi connectivity index (χ3v) is 4.54. The number of carboxylic acids is 2. The number of carboxylic acid groups (broad SMARTS) is 2. The van der Waals surface area contributed by atoms with Crippen LogP contribution in [0.4, 0.5) is 0 Å². The van der Waals surface area contributed by atoms with Crippen molar-refractivity contribution in [2.45, 2.75) is 26.2 Å². The number of ketones is 1. The average Bonchev–Trinajstić information content (AvgIpc) is 3.20. The molecule has 2 aromatic heterocycles. The Balaban J connectivity index is 1.91. The first kappa shape index (κ1) is 21.6. The number of carbonyl (C=O) groups is 3. The van der Waals surface area contributed by atoms with Gasteiger partial charge in [0.2, 0.25) is 5.65 Å². The standard InChI is InChI=1S/C19H19N5O7/c1-2-31-13-8-9(12(25)7-10(19(29)30)4-6-14(26)27)3-5-11(13)16-20-17-15(18(28)21-16)22-24-23-17/h3,5,8,10H,2,4,6-7H2,1H3,(H,26,27)(H,29,30)(H2,20,21,22,23,24,28)/t10-/m0/s1. The maximum atomic E-state index is 12.6. The third kappa shape index (κ3) is 4.91. The Kier molecular flexibility index (Phi) is 6.38. The summed E-state index contributed by atoms with van der Waals surface area (Å²) >= 11 is 0. The van der Waals surface area contributed by atoms with Crippen LogP contribution in [-0.4, -0.2) is 59.9 Å². The Morgan fingerprint density at radius 2 is 1.97 bits per heavy atom. The number of nitrogens with zero attached hydrogens (tertiary/aromatic N) is 3. The number of hydrogen-bond acceptors (Lipinski definition) is 8. The van der Waals surface area contributed by atoms with Crippen molar-refractivity contribution < 1.29 is 29.3 Å². The first-order valence-electron chi connectivity index (χ1n) is 9.36. The number of benzene rings is 1. The lowest BCUT2D eigenvalue weighted by atomic mass is 9.93. The van der Waals surface area contributed by atoms with Crippen LogP contribution in [0.1, 0.15) is 36.5 Å². The van der Waals surface area contributed by atoms with E-state index in [1.54, 1.807) is 6.92 Å². The topological polar surface area (TPSA) is 188 Å². The number of ether oxygens (including phenoxy) is 1. The summed E-state index contributed by atoms with van der Waals surface area (Å²) in [4.78, 5) is 53.7. The summed E-state index contributed by atoms with van der Waals surface area (Å²) < 4.78 is 5.59. The quantitative estimate of drug-likeness (QED) is 0.341. The van der Waals surface area contributed by atoms with Crippen LogP contribution in [-0.2, 0) is 9.59 Å². The molecule has 1 atom stereocenters. The molecule has 0 saturated heterocycles. The molecule has 0 amide bonds. The first-order valence-corrected chi connectivity index (χ1v) is 9.36. The van der Waals surface area contributed by atoms with Gasteiger partial charge in [0.25, 0.3) is 5.56 Å². The highest BCUT2D eigenvalue weighted by molar-refractivity contribution is 5.99. The van der Waals surface area contributed by atoms with Crippen molar-refractivity contribution in [3.63, 3.8) is 0 Å². The number of fused-ring (bicyclic) bond motifs is 1. The van der Waals surface area contributed by atoms with Gasteiger partial charge in [0.1, 0.15) is 11.6 Å². The Labute approximate surface area is 174 Å². The number of rotatable bonds is 10. The Bertz CT molecular complexity index is 1200. The van der Waals surface area contributed by atoms with Gasteiger partial charge in [-0.3, -0.25) is 19.2 Å². The molecule has 3 rings (SSSR count). The van der Waals surface area contributed by atoms with Gasteiger partial charge in [0.15, 0.2) is 11.3 Å². The molecule has 2 heterocycles. The van der Waals surface area contributed by atoms with Crippen LogP contribution in [0.5, 0.6) is 5.75 Å². The van der Waals surface area contributed by atoms with Crippen LogP contribution in [0, 0.1) is 5.92 Å². The molecule has 4 N–H and O–H groups in total. The van der Waals surface area contributed by atoms with Crippen LogP contribution in [0.25, 0.3) is 22.6 Å². The SMILES string of the molecule is CCOc1cc(C(=O)C[C@H](CCC(=O)O)C(=O)O)ccc1-c1nc2n[nH]nc2c(=O)[nH]1. The molecule has 0 saturated carbocycles. The van der Waals surface area contributed by atoms with Crippen molar-refractivity contribution in [3.05, 3.63) is 34.1 Å². The van der Waals surface area contributed by atoms with E-state index in [9.17, 15) is 24.3 Å². The lowest BCUT2D eigenvalue weighted by molar-refractivity contribution is -0.142. The van der Waals surface area contributed by atoms with Crippen molar-refractivity contribution >= 4 is 28.9 Å². The molecule has 1 aromatic carbocycles.